The molecule has 0 bridgehead atoms. The molecule has 3 rings (SSSR count). The van der Waals surface area contributed by atoms with Gasteiger partial charge in [0, 0.05) is 22.3 Å². The average Bonchev–Trinajstić information content (AvgIpc) is 2.56. The van der Waals surface area contributed by atoms with Crippen molar-refractivity contribution in [1.29, 1.82) is 0 Å². The molecule has 1 N–H and O–H groups in total. The molecule has 0 fully saturated rings. The lowest BCUT2D eigenvalue weighted by atomic mass is 9.99. The van der Waals surface area contributed by atoms with Crippen molar-refractivity contribution in [3.8, 4) is 0 Å². The molecule has 0 aromatic heterocycles. The highest BCUT2D eigenvalue weighted by molar-refractivity contribution is 9.10. The van der Waals surface area contributed by atoms with Crippen LogP contribution in [0.4, 0.5) is 15.8 Å². The van der Waals surface area contributed by atoms with Gasteiger partial charge in [-0.3, -0.25) is 14.5 Å². The number of anilines is 2. The molecule has 0 aliphatic carbocycles. The van der Waals surface area contributed by atoms with Gasteiger partial charge in [-0.1, -0.05) is 15.9 Å². The molecular weight excluding hydrogens is 375 g/mol. The predicted molar refractivity (Wildman–Crippen MR) is 94.4 cm³/mol. The Bertz CT molecular complexity index is 792. The third kappa shape index (κ3) is 3.33. The summed E-state index contributed by atoms with van der Waals surface area (Å²) in [6, 6.07) is 10.5. The molecule has 2 amide bonds. The van der Waals surface area contributed by atoms with Crippen LogP contribution in [0.3, 0.4) is 0 Å². The number of hydrogen-bond acceptors (Lipinski definition) is 2. The summed E-state index contributed by atoms with van der Waals surface area (Å²) in [5, 5.41) is 2.72. The number of benzene rings is 2. The molecule has 1 aliphatic rings. The summed E-state index contributed by atoms with van der Waals surface area (Å²) >= 11 is 3.43. The van der Waals surface area contributed by atoms with Gasteiger partial charge in [0.15, 0.2) is 0 Å². The SMILES string of the molecule is CC(C(=O)Nc1ccc(F)cc1)N1C(=O)CCc2cc(Br)ccc21. The van der Waals surface area contributed by atoms with E-state index in [1.807, 2.05) is 18.2 Å². The second kappa shape index (κ2) is 6.73. The summed E-state index contributed by atoms with van der Waals surface area (Å²) in [5.41, 5.74) is 2.29. The highest BCUT2D eigenvalue weighted by Crippen LogP contribution is 2.32. The summed E-state index contributed by atoms with van der Waals surface area (Å²) in [6.07, 6.45) is 1.04. The van der Waals surface area contributed by atoms with Gasteiger partial charge in [0.1, 0.15) is 11.9 Å². The minimum atomic E-state index is -0.664. The maximum Gasteiger partial charge on any atom is 0.247 e. The van der Waals surface area contributed by atoms with E-state index in [9.17, 15) is 14.0 Å². The van der Waals surface area contributed by atoms with E-state index in [2.05, 4.69) is 21.2 Å². The first-order valence-electron chi connectivity index (χ1n) is 7.62. The topological polar surface area (TPSA) is 49.4 Å². The number of rotatable bonds is 3. The van der Waals surface area contributed by atoms with Gasteiger partial charge < -0.3 is 5.32 Å². The van der Waals surface area contributed by atoms with Gasteiger partial charge in [0.25, 0.3) is 0 Å². The van der Waals surface area contributed by atoms with E-state index >= 15 is 0 Å². The Morgan fingerprint density at radius 1 is 1.21 bits per heavy atom. The van der Waals surface area contributed by atoms with E-state index in [1.165, 1.54) is 29.2 Å². The molecule has 0 saturated carbocycles. The molecule has 0 saturated heterocycles. The van der Waals surface area contributed by atoms with Crippen LogP contribution < -0.4 is 10.2 Å². The lowest BCUT2D eigenvalue weighted by Gasteiger charge is -2.33. The molecule has 124 valence electrons. The number of carbonyl (C=O) groups is 2. The van der Waals surface area contributed by atoms with Crippen LogP contribution in [-0.4, -0.2) is 17.9 Å². The van der Waals surface area contributed by atoms with Crippen molar-refractivity contribution in [2.24, 2.45) is 0 Å². The van der Waals surface area contributed by atoms with Crippen LogP contribution in [0.5, 0.6) is 0 Å². The highest BCUT2D eigenvalue weighted by Gasteiger charge is 2.31. The summed E-state index contributed by atoms with van der Waals surface area (Å²) < 4.78 is 13.9. The molecule has 1 unspecified atom stereocenters. The monoisotopic (exact) mass is 390 g/mol. The van der Waals surface area contributed by atoms with E-state index in [1.54, 1.807) is 6.92 Å². The van der Waals surface area contributed by atoms with Crippen LogP contribution in [0.25, 0.3) is 0 Å². The zero-order chi connectivity index (χ0) is 17.3. The summed E-state index contributed by atoms with van der Waals surface area (Å²) in [6.45, 7) is 1.69. The van der Waals surface area contributed by atoms with Gasteiger partial charge in [-0.25, -0.2) is 4.39 Å². The summed E-state index contributed by atoms with van der Waals surface area (Å²) in [7, 11) is 0. The zero-order valence-corrected chi connectivity index (χ0v) is 14.6. The number of nitrogens with one attached hydrogen (secondary N) is 1. The normalized spacial score (nSPS) is 15.0. The summed E-state index contributed by atoms with van der Waals surface area (Å²) in [4.78, 5) is 26.4. The molecule has 6 heteroatoms. The molecular formula is C18H16BrFN2O2. The number of aryl methyl sites for hydroxylation is 1. The Morgan fingerprint density at radius 2 is 1.92 bits per heavy atom. The van der Waals surface area contributed by atoms with Gasteiger partial charge in [0.2, 0.25) is 11.8 Å². The summed E-state index contributed by atoms with van der Waals surface area (Å²) in [5.74, 6) is -0.760. The molecule has 1 heterocycles. The third-order valence-corrected chi connectivity index (χ3v) is 4.55. The fourth-order valence-electron chi connectivity index (χ4n) is 2.81. The molecule has 24 heavy (non-hydrogen) atoms. The van der Waals surface area contributed by atoms with Gasteiger partial charge in [-0.2, -0.15) is 0 Å². The Kier molecular flexibility index (Phi) is 4.66. The third-order valence-electron chi connectivity index (χ3n) is 4.06. The van der Waals surface area contributed by atoms with Crippen LogP contribution in [0, 0.1) is 5.82 Å². The van der Waals surface area contributed by atoms with Crippen LogP contribution in [0.1, 0.15) is 18.9 Å². The fourth-order valence-corrected chi connectivity index (χ4v) is 3.22. The molecule has 4 nitrogen and oxygen atoms in total. The van der Waals surface area contributed by atoms with Crippen molar-refractivity contribution < 1.29 is 14.0 Å². The second-order valence-corrected chi connectivity index (χ2v) is 6.62. The molecule has 0 radical (unpaired) electrons. The van der Waals surface area contributed by atoms with Crippen LogP contribution in [-0.2, 0) is 16.0 Å². The minimum absolute atomic E-state index is 0.0772. The largest absolute Gasteiger partial charge is 0.324 e. The van der Waals surface area contributed by atoms with Crippen molar-refractivity contribution in [3.63, 3.8) is 0 Å². The average molecular weight is 391 g/mol. The van der Waals surface area contributed by atoms with Gasteiger partial charge in [-0.15, -0.1) is 0 Å². The van der Waals surface area contributed by atoms with Crippen molar-refractivity contribution in [3.05, 3.63) is 58.3 Å². The minimum Gasteiger partial charge on any atom is -0.324 e. The Balaban J connectivity index is 1.83. The van der Waals surface area contributed by atoms with E-state index in [0.29, 0.717) is 18.5 Å². The van der Waals surface area contributed by atoms with Crippen LogP contribution in [0.15, 0.2) is 46.9 Å². The molecule has 2 aromatic rings. The predicted octanol–water partition coefficient (Wildman–Crippen LogP) is 3.89. The lowest BCUT2D eigenvalue weighted by molar-refractivity contribution is -0.123. The molecule has 1 atom stereocenters. The quantitative estimate of drug-likeness (QED) is 0.863. The van der Waals surface area contributed by atoms with Crippen molar-refractivity contribution in [1.82, 2.24) is 0 Å². The first kappa shape index (κ1) is 16.6. The van der Waals surface area contributed by atoms with E-state index < -0.39 is 6.04 Å². The van der Waals surface area contributed by atoms with Crippen molar-refractivity contribution in [2.45, 2.75) is 25.8 Å². The van der Waals surface area contributed by atoms with Crippen LogP contribution >= 0.6 is 15.9 Å². The van der Waals surface area contributed by atoms with Crippen molar-refractivity contribution >= 4 is 39.1 Å². The fraction of sp³-hybridized carbons (Fsp3) is 0.222. The Labute approximate surface area is 147 Å². The van der Waals surface area contributed by atoms with Gasteiger partial charge in [0.05, 0.1) is 0 Å². The highest BCUT2D eigenvalue weighted by atomic mass is 79.9. The first-order valence-corrected chi connectivity index (χ1v) is 8.42. The number of fused-ring (bicyclic) bond motifs is 1. The van der Waals surface area contributed by atoms with Crippen LogP contribution in [0.2, 0.25) is 0 Å². The first-order chi connectivity index (χ1) is 11.5. The lowest BCUT2D eigenvalue weighted by Crippen LogP contribution is -2.47. The number of hydrogen-bond donors (Lipinski definition) is 1. The Morgan fingerprint density at radius 3 is 2.62 bits per heavy atom. The smallest absolute Gasteiger partial charge is 0.247 e. The molecule has 0 spiro atoms. The standard InChI is InChI=1S/C18H16BrFN2O2/c1-11(18(24)21-15-6-4-14(20)5-7-15)22-16-8-3-13(19)10-12(16)2-9-17(22)23/h3-8,10-11H,2,9H2,1H3,(H,21,24). The second-order valence-electron chi connectivity index (χ2n) is 5.71. The van der Waals surface area contributed by atoms with E-state index in [-0.39, 0.29) is 17.6 Å². The number of amides is 2. The van der Waals surface area contributed by atoms with Gasteiger partial charge >= 0.3 is 0 Å². The number of halogens is 2. The number of carbonyl (C=O) groups excluding carboxylic acids is 2. The zero-order valence-electron chi connectivity index (χ0n) is 13.1. The maximum atomic E-state index is 13.0. The van der Waals surface area contributed by atoms with Crippen molar-refractivity contribution in [2.75, 3.05) is 10.2 Å². The number of nitrogens with zero attached hydrogens (tertiary/aromatic N) is 1. The molecule has 2 aromatic carbocycles. The Hall–Kier alpha value is -2.21. The maximum absolute atomic E-state index is 13.0. The van der Waals surface area contributed by atoms with E-state index in [0.717, 1.165) is 15.7 Å². The van der Waals surface area contributed by atoms with Gasteiger partial charge in [-0.05, 0) is 61.4 Å². The van der Waals surface area contributed by atoms with E-state index in [4.69, 9.17) is 0 Å². The molecule has 1 aliphatic heterocycles.